The number of rotatable bonds is 3. The van der Waals surface area contributed by atoms with Gasteiger partial charge in [-0.1, -0.05) is 39.0 Å². The molecule has 0 saturated carbocycles. The van der Waals surface area contributed by atoms with E-state index < -0.39 is 12.0 Å². The molecule has 3 heteroatoms. The minimum absolute atomic E-state index is 0.0632. The SMILES string of the molecule is CC(C)[C@H](C(=O)O)N1c2ccccc2[C@@H](C)CC1(C)C. The Kier molecular flexibility index (Phi) is 3.81. The number of para-hydroxylation sites is 1. The molecule has 1 heterocycles. The van der Waals surface area contributed by atoms with Crippen LogP contribution in [0.4, 0.5) is 5.69 Å². The first-order valence-corrected chi connectivity index (χ1v) is 7.37. The average molecular weight is 275 g/mol. The molecule has 0 radical (unpaired) electrons. The Balaban J connectivity index is 2.59. The molecule has 1 aliphatic rings. The Labute approximate surface area is 121 Å². The molecule has 0 unspecified atom stereocenters. The van der Waals surface area contributed by atoms with Crippen LogP contribution in [0.15, 0.2) is 24.3 Å². The van der Waals surface area contributed by atoms with Crippen molar-refractivity contribution >= 4 is 11.7 Å². The number of carboxylic acid groups (broad SMARTS) is 1. The van der Waals surface area contributed by atoms with Crippen LogP contribution in [0.5, 0.6) is 0 Å². The molecular weight excluding hydrogens is 250 g/mol. The fourth-order valence-corrected chi connectivity index (χ4v) is 3.63. The highest BCUT2D eigenvalue weighted by Gasteiger charge is 2.43. The van der Waals surface area contributed by atoms with E-state index in [1.807, 2.05) is 26.0 Å². The lowest BCUT2D eigenvalue weighted by molar-refractivity contribution is -0.140. The average Bonchev–Trinajstić information content (AvgIpc) is 2.32. The highest BCUT2D eigenvalue weighted by atomic mass is 16.4. The summed E-state index contributed by atoms with van der Waals surface area (Å²) in [4.78, 5) is 13.9. The summed E-state index contributed by atoms with van der Waals surface area (Å²) < 4.78 is 0. The van der Waals surface area contributed by atoms with Crippen molar-refractivity contribution in [2.75, 3.05) is 4.90 Å². The maximum atomic E-state index is 11.8. The first-order chi connectivity index (χ1) is 9.25. The maximum Gasteiger partial charge on any atom is 0.326 e. The third-order valence-electron chi connectivity index (χ3n) is 4.35. The van der Waals surface area contributed by atoms with Crippen LogP contribution in [0.1, 0.15) is 52.5 Å². The molecule has 110 valence electrons. The quantitative estimate of drug-likeness (QED) is 0.910. The molecule has 0 fully saturated rings. The Bertz CT molecular complexity index is 507. The number of hydrogen-bond acceptors (Lipinski definition) is 2. The van der Waals surface area contributed by atoms with Crippen molar-refractivity contribution in [3.8, 4) is 0 Å². The summed E-state index contributed by atoms with van der Waals surface area (Å²) in [6, 6.07) is 7.74. The molecule has 1 N–H and O–H groups in total. The molecule has 2 atom stereocenters. The van der Waals surface area contributed by atoms with Gasteiger partial charge in [0.15, 0.2) is 0 Å². The summed E-state index contributed by atoms with van der Waals surface area (Å²) in [5.74, 6) is -0.218. The van der Waals surface area contributed by atoms with Crippen molar-refractivity contribution < 1.29 is 9.90 Å². The van der Waals surface area contributed by atoms with Crippen molar-refractivity contribution in [1.82, 2.24) is 0 Å². The molecule has 1 aromatic rings. The first kappa shape index (κ1) is 14.9. The van der Waals surface area contributed by atoms with Crippen LogP contribution in [0.3, 0.4) is 0 Å². The van der Waals surface area contributed by atoms with Crippen molar-refractivity contribution in [3.05, 3.63) is 29.8 Å². The van der Waals surface area contributed by atoms with Gasteiger partial charge in [-0.15, -0.1) is 0 Å². The highest BCUT2D eigenvalue weighted by Crippen LogP contribution is 2.45. The molecule has 0 aromatic heterocycles. The van der Waals surface area contributed by atoms with Crippen molar-refractivity contribution in [2.24, 2.45) is 5.92 Å². The molecule has 20 heavy (non-hydrogen) atoms. The summed E-state index contributed by atoms with van der Waals surface area (Å²) in [7, 11) is 0. The molecule has 1 aliphatic heterocycles. The van der Waals surface area contributed by atoms with E-state index in [-0.39, 0.29) is 11.5 Å². The van der Waals surface area contributed by atoms with Gasteiger partial charge in [0, 0.05) is 11.2 Å². The van der Waals surface area contributed by atoms with Crippen molar-refractivity contribution in [2.45, 2.75) is 58.5 Å². The monoisotopic (exact) mass is 275 g/mol. The second kappa shape index (κ2) is 5.12. The lowest BCUT2D eigenvalue weighted by Crippen LogP contribution is -2.58. The van der Waals surface area contributed by atoms with Gasteiger partial charge in [-0.25, -0.2) is 4.79 Å². The number of hydrogen-bond donors (Lipinski definition) is 1. The summed E-state index contributed by atoms with van der Waals surface area (Å²) in [6.07, 6.45) is 0.973. The molecule has 0 bridgehead atoms. The van der Waals surface area contributed by atoms with Gasteiger partial charge in [-0.05, 0) is 43.7 Å². The first-order valence-electron chi connectivity index (χ1n) is 7.37. The van der Waals surface area contributed by atoms with Gasteiger partial charge in [0.1, 0.15) is 6.04 Å². The van der Waals surface area contributed by atoms with Crippen LogP contribution in [-0.2, 0) is 4.79 Å². The molecule has 0 aliphatic carbocycles. The fourth-order valence-electron chi connectivity index (χ4n) is 3.63. The van der Waals surface area contributed by atoms with E-state index in [1.54, 1.807) is 0 Å². The maximum absolute atomic E-state index is 11.8. The van der Waals surface area contributed by atoms with E-state index in [9.17, 15) is 9.90 Å². The van der Waals surface area contributed by atoms with Gasteiger partial charge in [-0.3, -0.25) is 0 Å². The highest BCUT2D eigenvalue weighted by molar-refractivity contribution is 5.80. The summed E-state index contributed by atoms with van der Waals surface area (Å²) in [5, 5.41) is 9.68. The largest absolute Gasteiger partial charge is 0.480 e. The number of anilines is 1. The lowest BCUT2D eigenvalue weighted by Gasteiger charge is -2.51. The van der Waals surface area contributed by atoms with E-state index in [0.717, 1.165) is 12.1 Å². The normalized spacial score (nSPS) is 22.5. The van der Waals surface area contributed by atoms with Crippen LogP contribution < -0.4 is 4.90 Å². The molecule has 2 rings (SSSR count). The van der Waals surface area contributed by atoms with E-state index in [0.29, 0.717) is 5.92 Å². The number of carboxylic acids is 1. The number of nitrogens with zero attached hydrogens (tertiary/aromatic N) is 1. The third kappa shape index (κ3) is 2.41. The Morgan fingerprint density at radius 1 is 1.35 bits per heavy atom. The van der Waals surface area contributed by atoms with Crippen LogP contribution in [0.25, 0.3) is 0 Å². The van der Waals surface area contributed by atoms with E-state index in [4.69, 9.17) is 0 Å². The number of fused-ring (bicyclic) bond motifs is 1. The molecule has 3 nitrogen and oxygen atoms in total. The van der Waals surface area contributed by atoms with E-state index in [2.05, 4.69) is 37.8 Å². The van der Waals surface area contributed by atoms with E-state index >= 15 is 0 Å². The number of carbonyl (C=O) groups is 1. The van der Waals surface area contributed by atoms with Crippen LogP contribution in [0, 0.1) is 5.92 Å². The van der Waals surface area contributed by atoms with Gasteiger partial charge in [0.25, 0.3) is 0 Å². The van der Waals surface area contributed by atoms with Crippen molar-refractivity contribution in [3.63, 3.8) is 0 Å². The Morgan fingerprint density at radius 3 is 2.50 bits per heavy atom. The third-order valence-corrected chi connectivity index (χ3v) is 4.35. The lowest BCUT2D eigenvalue weighted by atomic mass is 9.78. The van der Waals surface area contributed by atoms with Gasteiger partial charge < -0.3 is 10.0 Å². The predicted molar refractivity (Wildman–Crippen MR) is 82.3 cm³/mol. The Hall–Kier alpha value is -1.51. The topological polar surface area (TPSA) is 40.5 Å². The van der Waals surface area contributed by atoms with Crippen LogP contribution in [-0.4, -0.2) is 22.7 Å². The zero-order valence-corrected chi connectivity index (χ0v) is 13.1. The van der Waals surface area contributed by atoms with Gasteiger partial charge in [0.05, 0.1) is 0 Å². The fraction of sp³-hybridized carbons (Fsp3) is 0.588. The Morgan fingerprint density at radius 2 is 1.95 bits per heavy atom. The van der Waals surface area contributed by atoms with Gasteiger partial charge in [0.2, 0.25) is 0 Å². The zero-order chi connectivity index (χ0) is 15.1. The van der Waals surface area contributed by atoms with Gasteiger partial charge >= 0.3 is 5.97 Å². The van der Waals surface area contributed by atoms with Crippen LogP contribution in [0.2, 0.25) is 0 Å². The summed E-state index contributed by atoms with van der Waals surface area (Å²) in [6.45, 7) is 10.5. The summed E-state index contributed by atoms with van der Waals surface area (Å²) >= 11 is 0. The number of benzene rings is 1. The van der Waals surface area contributed by atoms with E-state index in [1.165, 1.54) is 5.56 Å². The predicted octanol–water partition coefficient (Wildman–Crippen LogP) is 3.89. The molecular formula is C17H25NO2. The minimum Gasteiger partial charge on any atom is -0.480 e. The molecule has 0 saturated heterocycles. The zero-order valence-electron chi connectivity index (χ0n) is 13.1. The molecule has 1 aromatic carbocycles. The summed E-state index contributed by atoms with van der Waals surface area (Å²) in [5.41, 5.74) is 2.19. The second-order valence-corrected chi connectivity index (χ2v) is 6.87. The molecule has 0 spiro atoms. The van der Waals surface area contributed by atoms with Crippen LogP contribution >= 0.6 is 0 Å². The number of aliphatic carboxylic acids is 1. The molecule has 0 amide bonds. The minimum atomic E-state index is -0.738. The van der Waals surface area contributed by atoms with Gasteiger partial charge in [-0.2, -0.15) is 0 Å². The standard InChI is InChI=1S/C17H25NO2/c1-11(2)15(16(19)20)18-14-9-7-6-8-13(14)12(3)10-17(18,4)5/h6-9,11-12,15H,10H2,1-5H3,(H,19,20)/t12-,15+/m0/s1. The smallest absolute Gasteiger partial charge is 0.326 e. The van der Waals surface area contributed by atoms with Crippen molar-refractivity contribution in [1.29, 1.82) is 0 Å². The second-order valence-electron chi connectivity index (χ2n) is 6.87.